The minimum atomic E-state index is -0.422. The van der Waals surface area contributed by atoms with E-state index in [9.17, 15) is 9.59 Å². The van der Waals surface area contributed by atoms with Crippen LogP contribution in [0.25, 0.3) is 6.08 Å². The van der Waals surface area contributed by atoms with Gasteiger partial charge < -0.3 is 14.4 Å². The first-order valence-electron chi connectivity index (χ1n) is 9.56. The maximum atomic E-state index is 12.6. The number of esters is 1. The Morgan fingerprint density at radius 1 is 0.967 bits per heavy atom. The number of nitrogens with zero attached hydrogens (tertiary/aromatic N) is 2. The van der Waals surface area contributed by atoms with Crippen molar-refractivity contribution in [1.82, 2.24) is 9.88 Å². The number of aromatic nitrogens is 1. The third-order valence-electron chi connectivity index (χ3n) is 4.74. The fourth-order valence-electron chi connectivity index (χ4n) is 3.35. The molecule has 3 aromatic rings. The third kappa shape index (κ3) is 4.38. The van der Waals surface area contributed by atoms with Crippen molar-refractivity contribution < 1.29 is 19.1 Å². The van der Waals surface area contributed by atoms with Crippen LogP contribution in [0, 0.1) is 0 Å². The maximum absolute atomic E-state index is 12.6. The minimum absolute atomic E-state index is 0.0487. The predicted molar refractivity (Wildman–Crippen MR) is 112 cm³/mol. The number of carbonyl (C=O) groups is 2. The van der Waals surface area contributed by atoms with Crippen molar-refractivity contribution in [2.45, 2.75) is 19.4 Å². The van der Waals surface area contributed by atoms with Gasteiger partial charge in [0.1, 0.15) is 11.5 Å². The summed E-state index contributed by atoms with van der Waals surface area (Å²) in [7, 11) is 0. The first kappa shape index (κ1) is 19.4. The molecule has 0 radical (unpaired) electrons. The van der Waals surface area contributed by atoms with Crippen LogP contribution in [0.4, 0.5) is 0 Å². The van der Waals surface area contributed by atoms with Crippen LogP contribution in [0.3, 0.4) is 0 Å². The summed E-state index contributed by atoms with van der Waals surface area (Å²) in [6, 6.07) is 19.4. The van der Waals surface area contributed by atoms with E-state index in [4.69, 9.17) is 9.47 Å². The normalized spacial score (nSPS) is 14.7. The van der Waals surface area contributed by atoms with Gasteiger partial charge in [-0.15, -0.1) is 0 Å². The Hall–Kier alpha value is -3.93. The quantitative estimate of drug-likeness (QED) is 0.457. The van der Waals surface area contributed by atoms with Gasteiger partial charge in [-0.25, -0.2) is 4.98 Å². The lowest BCUT2D eigenvalue weighted by molar-refractivity contribution is -0.137. The molecular weight excluding hydrogens is 380 g/mol. The molecule has 150 valence electrons. The zero-order chi connectivity index (χ0) is 20.9. The number of fused-ring (bicyclic) bond motifs is 1. The molecule has 6 nitrogen and oxygen atoms in total. The Labute approximate surface area is 174 Å². The number of amides is 1. The van der Waals surface area contributed by atoms with Crippen molar-refractivity contribution in [3.8, 4) is 17.4 Å². The van der Waals surface area contributed by atoms with E-state index < -0.39 is 12.0 Å². The van der Waals surface area contributed by atoms with Gasteiger partial charge in [0.15, 0.2) is 0 Å². The summed E-state index contributed by atoms with van der Waals surface area (Å²) in [5.41, 5.74) is 1.91. The number of hydrogen-bond acceptors (Lipinski definition) is 5. The highest BCUT2D eigenvalue weighted by Crippen LogP contribution is 2.33. The lowest BCUT2D eigenvalue weighted by Gasteiger charge is -2.32. The number of carbonyl (C=O) groups excluding carboxylic acids is 2. The van der Waals surface area contributed by atoms with Crippen LogP contribution >= 0.6 is 0 Å². The van der Waals surface area contributed by atoms with Crippen molar-refractivity contribution in [2.24, 2.45) is 0 Å². The second-order valence-electron chi connectivity index (χ2n) is 6.81. The van der Waals surface area contributed by atoms with Crippen LogP contribution in [0.15, 0.2) is 79.1 Å². The average molecular weight is 400 g/mol. The molecule has 1 unspecified atom stereocenters. The van der Waals surface area contributed by atoms with Crippen LogP contribution in [0.1, 0.15) is 30.5 Å². The molecule has 1 aromatic heterocycles. The van der Waals surface area contributed by atoms with E-state index in [0.717, 1.165) is 11.1 Å². The molecule has 2 aromatic carbocycles. The molecular formula is C24H20N2O4. The van der Waals surface area contributed by atoms with Gasteiger partial charge >= 0.3 is 5.97 Å². The molecule has 1 atom stereocenters. The molecule has 1 aliphatic heterocycles. The zero-order valence-corrected chi connectivity index (χ0v) is 16.4. The number of rotatable bonds is 5. The zero-order valence-electron chi connectivity index (χ0n) is 16.4. The highest BCUT2D eigenvalue weighted by molar-refractivity contribution is 5.80. The molecule has 1 amide bonds. The smallest absolute Gasteiger partial charge is 0.313 e. The van der Waals surface area contributed by atoms with Crippen molar-refractivity contribution in [3.63, 3.8) is 0 Å². The minimum Gasteiger partial charge on any atom is -0.439 e. The standard InChI is InChI=1S/C24H20N2O4/c1-17(27)26-15-13-18-6-2-3-7-21(18)22(26)16-24(28)30-20-11-9-19(10-12-20)29-23-8-4-5-14-25-23/h2-15,22H,16H2,1H3. The molecule has 4 rings (SSSR count). The summed E-state index contributed by atoms with van der Waals surface area (Å²) in [5.74, 6) is 0.921. The molecule has 6 heteroatoms. The van der Waals surface area contributed by atoms with Gasteiger partial charge in [0, 0.05) is 25.4 Å². The van der Waals surface area contributed by atoms with Crippen molar-refractivity contribution in [3.05, 3.63) is 90.3 Å². The summed E-state index contributed by atoms with van der Waals surface area (Å²) in [5, 5.41) is 0. The van der Waals surface area contributed by atoms with Gasteiger partial charge in [-0.05, 0) is 47.5 Å². The molecule has 2 heterocycles. The van der Waals surface area contributed by atoms with E-state index in [1.54, 1.807) is 47.6 Å². The van der Waals surface area contributed by atoms with Crippen LogP contribution in [0.5, 0.6) is 17.4 Å². The van der Waals surface area contributed by atoms with E-state index in [1.165, 1.54) is 6.92 Å². The Kier molecular flexibility index (Phi) is 5.57. The molecule has 0 aliphatic carbocycles. The van der Waals surface area contributed by atoms with Gasteiger partial charge in [0.05, 0.1) is 12.5 Å². The Balaban J connectivity index is 1.43. The summed E-state index contributed by atoms with van der Waals surface area (Å²) >= 11 is 0. The Morgan fingerprint density at radius 2 is 1.70 bits per heavy atom. The SMILES string of the molecule is CC(=O)N1C=Cc2ccccc2C1CC(=O)Oc1ccc(Oc2ccccn2)cc1. The summed E-state index contributed by atoms with van der Waals surface area (Å²) in [6.45, 7) is 1.48. The fraction of sp³-hybridized carbons (Fsp3) is 0.125. The van der Waals surface area contributed by atoms with E-state index in [-0.39, 0.29) is 12.3 Å². The highest BCUT2D eigenvalue weighted by Gasteiger charge is 2.28. The number of pyridine rings is 1. The van der Waals surface area contributed by atoms with E-state index >= 15 is 0 Å². The average Bonchev–Trinajstić information content (AvgIpc) is 2.76. The predicted octanol–water partition coefficient (Wildman–Crippen LogP) is 4.74. The van der Waals surface area contributed by atoms with Gasteiger partial charge in [-0.1, -0.05) is 30.3 Å². The second-order valence-corrected chi connectivity index (χ2v) is 6.81. The molecule has 0 saturated carbocycles. The first-order chi connectivity index (χ1) is 14.6. The summed E-state index contributed by atoms with van der Waals surface area (Å²) in [4.78, 5) is 30.3. The number of ether oxygens (including phenoxy) is 2. The van der Waals surface area contributed by atoms with Crippen molar-refractivity contribution in [1.29, 1.82) is 0 Å². The van der Waals surface area contributed by atoms with Gasteiger partial charge in [0.25, 0.3) is 0 Å². The lowest BCUT2D eigenvalue weighted by atomic mass is 9.94. The molecule has 0 spiro atoms. The molecule has 0 fully saturated rings. The molecule has 1 aliphatic rings. The Morgan fingerprint density at radius 3 is 2.43 bits per heavy atom. The fourth-order valence-corrected chi connectivity index (χ4v) is 3.35. The Bertz CT molecular complexity index is 1080. The maximum Gasteiger partial charge on any atom is 0.313 e. The van der Waals surface area contributed by atoms with Crippen molar-refractivity contribution in [2.75, 3.05) is 0 Å². The van der Waals surface area contributed by atoms with Gasteiger partial charge in [0.2, 0.25) is 11.8 Å². The molecule has 30 heavy (non-hydrogen) atoms. The lowest BCUT2D eigenvalue weighted by Crippen LogP contribution is -2.33. The van der Waals surface area contributed by atoms with E-state index in [0.29, 0.717) is 17.4 Å². The van der Waals surface area contributed by atoms with Crippen LogP contribution in [-0.2, 0) is 9.59 Å². The van der Waals surface area contributed by atoms with Crippen LogP contribution < -0.4 is 9.47 Å². The molecule has 0 saturated heterocycles. The van der Waals surface area contributed by atoms with Gasteiger partial charge in [-0.2, -0.15) is 0 Å². The van der Waals surface area contributed by atoms with Crippen LogP contribution in [-0.4, -0.2) is 21.8 Å². The van der Waals surface area contributed by atoms with Crippen LogP contribution in [0.2, 0.25) is 0 Å². The second kappa shape index (κ2) is 8.61. The van der Waals surface area contributed by atoms with E-state index in [2.05, 4.69) is 4.98 Å². The number of hydrogen-bond donors (Lipinski definition) is 0. The van der Waals surface area contributed by atoms with E-state index in [1.807, 2.05) is 42.5 Å². The topological polar surface area (TPSA) is 68.7 Å². The monoisotopic (exact) mass is 400 g/mol. The molecule has 0 N–H and O–H groups in total. The third-order valence-corrected chi connectivity index (χ3v) is 4.74. The highest BCUT2D eigenvalue weighted by atomic mass is 16.5. The molecule has 0 bridgehead atoms. The van der Waals surface area contributed by atoms with Gasteiger partial charge in [-0.3, -0.25) is 9.59 Å². The van der Waals surface area contributed by atoms with Crippen molar-refractivity contribution >= 4 is 18.0 Å². The summed E-state index contributed by atoms with van der Waals surface area (Å²) in [6.07, 6.45) is 5.28. The summed E-state index contributed by atoms with van der Waals surface area (Å²) < 4.78 is 11.1. The number of benzene rings is 2. The largest absolute Gasteiger partial charge is 0.439 e. The first-order valence-corrected chi connectivity index (χ1v) is 9.56.